The first-order valence-electron chi connectivity index (χ1n) is 4.91. The summed E-state index contributed by atoms with van der Waals surface area (Å²) in [7, 11) is 0. The molecule has 0 radical (unpaired) electrons. The Labute approximate surface area is 100 Å². The third kappa shape index (κ3) is 4.30. The van der Waals surface area contributed by atoms with Crippen LogP contribution in [0.5, 0.6) is 0 Å². The van der Waals surface area contributed by atoms with E-state index in [1.54, 1.807) is 6.07 Å². The van der Waals surface area contributed by atoms with Crippen LogP contribution in [0, 0.1) is 11.3 Å². The highest BCUT2D eigenvalue weighted by Crippen LogP contribution is 2.22. The van der Waals surface area contributed by atoms with Gasteiger partial charge in [-0.2, -0.15) is 18.4 Å². The number of halogens is 5. The third-order valence-electron chi connectivity index (χ3n) is 2.16. The number of hydrogen-bond acceptors (Lipinski definition) is 2. The molecule has 0 aliphatic carbocycles. The molecule has 0 saturated heterocycles. The van der Waals surface area contributed by atoms with Crippen LogP contribution in [-0.4, -0.2) is 12.7 Å². The van der Waals surface area contributed by atoms with E-state index in [2.05, 4.69) is 0 Å². The predicted octanol–water partition coefficient (Wildman–Crippen LogP) is 3.34. The van der Waals surface area contributed by atoms with Crippen molar-refractivity contribution < 1.29 is 22.0 Å². The first-order chi connectivity index (χ1) is 8.33. The van der Waals surface area contributed by atoms with Crippen LogP contribution in [0.1, 0.15) is 23.6 Å². The monoisotopic (exact) mass is 264 g/mol. The normalized spacial score (nSPS) is 13.4. The van der Waals surface area contributed by atoms with Crippen molar-refractivity contribution in [1.82, 2.24) is 5.32 Å². The molecule has 1 atom stereocenters. The molecule has 0 bridgehead atoms. The second kappa shape index (κ2) is 5.78. The molecule has 0 saturated carbocycles. The molecule has 0 spiro atoms. The zero-order valence-corrected chi connectivity index (χ0v) is 9.01. The summed E-state index contributed by atoms with van der Waals surface area (Å²) in [5.41, 5.74) is -0.0302. The second-order valence-corrected chi connectivity index (χ2v) is 3.53. The third-order valence-corrected chi connectivity index (χ3v) is 2.16. The first kappa shape index (κ1) is 14.4. The van der Waals surface area contributed by atoms with Gasteiger partial charge in [-0.05, 0) is 5.56 Å². The molecule has 1 unspecified atom stereocenters. The summed E-state index contributed by atoms with van der Waals surface area (Å²) in [6.45, 7) is -1.32. The van der Waals surface area contributed by atoms with E-state index in [0.717, 1.165) is 12.1 Å². The Kier molecular flexibility index (Phi) is 4.62. The standard InChI is InChI=1S/C11H9F5N2/c12-10(13)8-3-1-7(2-4-8)9(5-17)18-6-11(14,15)16/h1-4,9-10,18H,6H2. The Morgan fingerprint density at radius 3 is 2.00 bits per heavy atom. The lowest BCUT2D eigenvalue weighted by Gasteiger charge is -2.14. The topological polar surface area (TPSA) is 35.8 Å². The molecule has 1 rings (SSSR count). The van der Waals surface area contributed by atoms with Crippen LogP contribution >= 0.6 is 0 Å². The van der Waals surface area contributed by atoms with E-state index in [9.17, 15) is 22.0 Å². The lowest BCUT2D eigenvalue weighted by atomic mass is 10.1. The zero-order chi connectivity index (χ0) is 13.8. The van der Waals surface area contributed by atoms with Gasteiger partial charge in [-0.15, -0.1) is 0 Å². The van der Waals surface area contributed by atoms with E-state index >= 15 is 0 Å². The molecule has 0 amide bonds. The van der Waals surface area contributed by atoms with Gasteiger partial charge in [0.15, 0.2) is 0 Å². The SMILES string of the molecule is N#CC(NCC(F)(F)F)c1ccc(C(F)F)cc1. The number of nitrogens with zero attached hydrogens (tertiary/aromatic N) is 1. The summed E-state index contributed by atoms with van der Waals surface area (Å²) in [6, 6.07) is 5.04. The van der Waals surface area contributed by atoms with E-state index < -0.39 is 25.2 Å². The number of nitriles is 1. The molecule has 2 nitrogen and oxygen atoms in total. The Balaban J connectivity index is 2.74. The van der Waals surface area contributed by atoms with Crippen molar-refractivity contribution in [3.8, 4) is 6.07 Å². The van der Waals surface area contributed by atoms with Crippen molar-refractivity contribution in [2.75, 3.05) is 6.54 Å². The van der Waals surface area contributed by atoms with Gasteiger partial charge < -0.3 is 0 Å². The van der Waals surface area contributed by atoms with Crippen LogP contribution in [0.15, 0.2) is 24.3 Å². The van der Waals surface area contributed by atoms with Gasteiger partial charge >= 0.3 is 6.18 Å². The summed E-state index contributed by atoms with van der Waals surface area (Å²) in [6.07, 6.45) is -7.08. The molecule has 98 valence electrons. The molecule has 0 fully saturated rings. The zero-order valence-electron chi connectivity index (χ0n) is 9.01. The maximum absolute atomic E-state index is 12.3. The molecule has 7 heteroatoms. The molecular weight excluding hydrogens is 255 g/mol. The predicted molar refractivity (Wildman–Crippen MR) is 53.8 cm³/mol. The average Bonchev–Trinajstić information content (AvgIpc) is 2.29. The van der Waals surface area contributed by atoms with E-state index in [1.165, 1.54) is 12.1 Å². The molecule has 0 aliphatic heterocycles. The minimum absolute atomic E-state index is 0.214. The summed E-state index contributed by atoms with van der Waals surface area (Å²) in [4.78, 5) is 0. The molecule has 0 aliphatic rings. The molecule has 0 aromatic heterocycles. The van der Waals surface area contributed by atoms with Crippen molar-refractivity contribution in [2.45, 2.75) is 18.6 Å². The van der Waals surface area contributed by atoms with Gasteiger partial charge in [0.2, 0.25) is 0 Å². The Morgan fingerprint density at radius 2 is 1.61 bits per heavy atom. The number of benzene rings is 1. The lowest BCUT2D eigenvalue weighted by molar-refractivity contribution is -0.125. The molecule has 1 N–H and O–H groups in total. The maximum atomic E-state index is 12.3. The summed E-state index contributed by atoms with van der Waals surface area (Å²) in [5, 5.41) is 10.7. The molecule has 18 heavy (non-hydrogen) atoms. The fourth-order valence-electron chi connectivity index (χ4n) is 1.29. The summed E-state index contributed by atoms with van der Waals surface area (Å²) in [5.74, 6) is 0. The number of rotatable bonds is 4. The molecule has 1 aromatic rings. The Morgan fingerprint density at radius 1 is 1.11 bits per heavy atom. The maximum Gasteiger partial charge on any atom is 0.401 e. The van der Waals surface area contributed by atoms with E-state index in [1.807, 2.05) is 5.32 Å². The highest BCUT2D eigenvalue weighted by Gasteiger charge is 2.28. The van der Waals surface area contributed by atoms with E-state index in [-0.39, 0.29) is 11.1 Å². The van der Waals surface area contributed by atoms with Crippen LogP contribution in [0.2, 0.25) is 0 Å². The average molecular weight is 264 g/mol. The fourth-order valence-corrected chi connectivity index (χ4v) is 1.29. The highest BCUT2D eigenvalue weighted by molar-refractivity contribution is 5.28. The van der Waals surface area contributed by atoms with Gasteiger partial charge in [0.05, 0.1) is 12.6 Å². The van der Waals surface area contributed by atoms with Crippen molar-refractivity contribution in [3.63, 3.8) is 0 Å². The summed E-state index contributed by atoms with van der Waals surface area (Å²) >= 11 is 0. The number of hydrogen-bond donors (Lipinski definition) is 1. The van der Waals surface area contributed by atoms with Gasteiger partial charge in [-0.25, -0.2) is 8.78 Å². The van der Waals surface area contributed by atoms with Gasteiger partial charge in [0, 0.05) is 5.56 Å². The van der Waals surface area contributed by atoms with Crippen molar-refractivity contribution in [2.24, 2.45) is 0 Å². The van der Waals surface area contributed by atoms with Crippen LogP contribution < -0.4 is 5.32 Å². The first-order valence-corrected chi connectivity index (χ1v) is 4.91. The highest BCUT2D eigenvalue weighted by atomic mass is 19.4. The number of nitrogens with one attached hydrogen (secondary N) is 1. The van der Waals surface area contributed by atoms with Crippen molar-refractivity contribution in [3.05, 3.63) is 35.4 Å². The van der Waals surface area contributed by atoms with Crippen LogP contribution in [-0.2, 0) is 0 Å². The van der Waals surface area contributed by atoms with Crippen LogP contribution in [0.3, 0.4) is 0 Å². The van der Waals surface area contributed by atoms with Gasteiger partial charge in [-0.1, -0.05) is 24.3 Å². The smallest absolute Gasteiger partial charge is 0.290 e. The molecular formula is C11H9F5N2. The number of alkyl halides is 5. The summed E-state index contributed by atoms with van der Waals surface area (Å²) < 4.78 is 60.4. The molecule has 0 heterocycles. The van der Waals surface area contributed by atoms with E-state index in [0.29, 0.717) is 0 Å². The largest absolute Gasteiger partial charge is 0.401 e. The fraction of sp³-hybridized carbons (Fsp3) is 0.364. The van der Waals surface area contributed by atoms with Crippen LogP contribution in [0.25, 0.3) is 0 Å². The Bertz CT molecular complexity index is 419. The van der Waals surface area contributed by atoms with E-state index in [4.69, 9.17) is 5.26 Å². The van der Waals surface area contributed by atoms with Crippen molar-refractivity contribution >= 4 is 0 Å². The molecule has 1 aromatic carbocycles. The minimum Gasteiger partial charge on any atom is -0.290 e. The van der Waals surface area contributed by atoms with Crippen molar-refractivity contribution in [1.29, 1.82) is 5.26 Å². The minimum atomic E-state index is -4.43. The quantitative estimate of drug-likeness (QED) is 0.846. The lowest BCUT2D eigenvalue weighted by Crippen LogP contribution is -2.31. The van der Waals surface area contributed by atoms with Crippen LogP contribution in [0.4, 0.5) is 22.0 Å². The second-order valence-electron chi connectivity index (χ2n) is 3.53. The Hall–Kier alpha value is -1.68. The van der Waals surface area contributed by atoms with Gasteiger partial charge in [-0.3, -0.25) is 5.32 Å². The van der Waals surface area contributed by atoms with Gasteiger partial charge in [0.25, 0.3) is 6.43 Å². The van der Waals surface area contributed by atoms with Gasteiger partial charge in [0.1, 0.15) is 6.04 Å².